The molecular formula is C22H27Cl2FN2O2. The molecule has 1 saturated heterocycles. The van der Waals surface area contributed by atoms with Gasteiger partial charge in [0.1, 0.15) is 17.4 Å². The number of amides is 1. The Morgan fingerprint density at radius 1 is 1.55 bits per heavy atom. The molecule has 6 atom stereocenters. The molecule has 0 bridgehead atoms. The fraction of sp³-hybridized carbons (Fsp3) is 0.500. The number of fused-ring (bicyclic) bond motifs is 1. The van der Waals surface area contributed by atoms with E-state index in [9.17, 15) is 14.3 Å². The predicted octanol–water partition coefficient (Wildman–Crippen LogP) is 4.52. The van der Waals surface area contributed by atoms with Crippen LogP contribution in [0.15, 0.2) is 48.6 Å². The minimum atomic E-state index is -1.12. The third kappa shape index (κ3) is 4.24. The Hall–Kier alpha value is -1.40. The molecule has 1 aromatic carbocycles. The third-order valence-corrected chi connectivity index (χ3v) is 6.70. The summed E-state index contributed by atoms with van der Waals surface area (Å²) in [7, 11) is 0. The van der Waals surface area contributed by atoms with Gasteiger partial charge in [-0.3, -0.25) is 10.1 Å². The lowest BCUT2D eigenvalue weighted by molar-refractivity contribution is -0.0332. The molecule has 4 nitrogen and oxygen atoms in total. The maximum Gasteiger partial charge on any atom is 0.254 e. The van der Waals surface area contributed by atoms with Crippen molar-refractivity contribution in [3.8, 4) is 0 Å². The summed E-state index contributed by atoms with van der Waals surface area (Å²) in [6.45, 7) is 9.25. The maximum atomic E-state index is 14.4. The molecule has 1 aliphatic carbocycles. The zero-order chi connectivity index (χ0) is 21.6. The number of alkyl halides is 2. The number of carbonyl (C=O) groups excluding carboxylic acids is 1. The predicted molar refractivity (Wildman–Crippen MR) is 115 cm³/mol. The van der Waals surface area contributed by atoms with E-state index in [4.69, 9.17) is 23.2 Å². The van der Waals surface area contributed by atoms with Crippen LogP contribution in [0.5, 0.6) is 0 Å². The van der Waals surface area contributed by atoms with Gasteiger partial charge in [0.2, 0.25) is 0 Å². The van der Waals surface area contributed by atoms with Crippen molar-refractivity contribution in [2.24, 2.45) is 11.3 Å². The Kier molecular flexibility index (Phi) is 6.17. The summed E-state index contributed by atoms with van der Waals surface area (Å²) in [5, 5.41) is 14.1. The standard InChI is InChI=1S/C22H27Cl2FN2O2/c1-5-22(4,24)26-19(28)13(2)21(3)11-15-10-17(25)12-27(18(15)21)20(29)14-7-6-8-16(23)9-14/h5-9,11,13,17-19,26,28H,1,10,12H2,2-4H3/t13?,17?,18-,19?,21-,22?/m0/s1. The molecule has 0 aromatic heterocycles. The third-order valence-electron chi connectivity index (χ3n) is 6.20. The summed E-state index contributed by atoms with van der Waals surface area (Å²) in [6, 6.07) is 6.37. The molecule has 3 rings (SSSR count). The van der Waals surface area contributed by atoms with E-state index in [-0.39, 0.29) is 24.4 Å². The van der Waals surface area contributed by atoms with Crippen LogP contribution in [0.3, 0.4) is 0 Å². The van der Waals surface area contributed by atoms with E-state index in [0.717, 1.165) is 5.57 Å². The van der Waals surface area contributed by atoms with Gasteiger partial charge < -0.3 is 10.0 Å². The summed E-state index contributed by atoms with van der Waals surface area (Å²) >= 11 is 12.3. The molecule has 1 amide bonds. The van der Waals surface area contributed by atoms with Gasteiger partial charge in [0.15, 0.2) is 0 Å². The average Bonchev–Trinajstić information content (AvgIpc) is 2.64. The molecule has 2 N–H and O–H groups in total. The summed E-state index contributed by atoms with van der Waals surface area (Å²) < 4.78 is 14.4. The molecule has 1 aromatic rings. The Morgan fingerprint density at radius 2 is 2.24 bits per heavy atom. The van der Waals surface area contributed by atoms with Gasteiger partial charge in [-0.05, 0) is 30.7 Å². The summed E-state index contributed by atoms with van der Waals surface area (Å²) in [5.41, 5.74) is 0.772. The summed E-state index contributed by atoms with van der Waals surface area (Å²) in [4.78, 5) is 13.8. The van der Waals surface area contributed by atoms with E-state index in [1.54, 1.807) is 36.1 Å². The van der Waals surface area contributed by atoms with Gasteiger partial charge in [-0.1, -0.05) is 55.3 Å². The van der Waals surface area contributed by atoms with E-state index in [0.29, 0.717) is 17.0 Å². The normalized spacial score (nSPS) is 30.3. The molecule has 0 radical (unpaired) electrons. The Bertz CT molecular complexity index is 844. The minimum absolute atomic E-state index is 0.0130. The quantitative estimate of drug-likeness (QED) is 0.295. The van der Waals surface area contributed by atoms with Crippen LogP contribution in [0.25, 0.3) is 0 Å². The largest absolute Gasteiger partial charge is 0.378 e. The molecule has 158 valence electrons. The van der Waals surface area contributed by atoms with Gasteiger partial charge in [0.05, 0.1) is 12.6 Å². The minimum Gasteiger partial charge on any atom is -0.378 e. The number of likely N-dealkylation sites (tertiary alicyclic amines) is 1. The van der Waals surface area contributed by atoms with Crippen molar-refractivity contribution in [3.63, 3.8) is 0 Å². The highest BCUT2D eigenvalue weighted by molar-refractivity contribution is 6.31. The first kappa shape index (κ1) is 22.3. The molecule has 1 heterocycles. The molecule has 2 aliphatic rings. The average molecular weight is 441 g/mol. The van der Waals surface area contributed by atoms with Crippen molar-refractivity contribution in [2.45, 2.75) is 50.6 Å². The SMILES string of the molecule is C=CC(C)(Cl)NC(O)C(C)[C@]1(C)C=C2CC(F)CN(C(=O)c3cccc(Cl)c3)[C@@H]21. The van der Waals surface area contributed by atoms with E-state index < -0.39 is 22.8 Å². The van der Waals surface area contributed by atoms with Crippen LogP contribution < -0.4 is 5.32 Å². The first-order valence-corrected chi connectivity index (χ1v) is 10.4. The fourth-order valence-electron chi connectivity index (χ4n) is 4.39. The van der Waals surface area contributed by atoms with Crippen molar-refractivity contribution < 1.29 is 14.3 Å². The Balaban J connectivity index is 1.88. The molecule has 1 fully saturated rings. The van der Waals surface area contributed by atoms with Crippen LogP contribution in [0.4, 0.5) is 4.39 Å². The zero-order valence-corrected chi connectivity index (χ0v) is 18.3. The topological polar surface area (TPSA) is 52.6 Å². The molecular weight excluding hydrogens is 414 g/mol. The second-order valence-electron chi connectivity index (χ2n) is 8.41. The lowest BCUT2D eigenvalue weighted by Gasteiger charge is -2.57. The van der Waals surface area contributed by atoms with E-state index in [1.807, 2.05) is 19.9 Å². The highest BCUT2D eigenvalue weighted by Gasteiger charge is 2.55. The molecule has 0 saturated carbocycles. The van der Waals surface area contributed by atoms with Crippen molar-refractivity contribution in [2.75, 3.05) is 6.54 Å². The first-order chi connectivity index (χ1) is 13.5. The van der Waals surface area contributed by atoms with Crippen LogP contribution >= 0.6 is 23.2 Å². The van der Waals surface area contributed by atoms with Gasteiger partial charge >= 0.3 is 0 Å². The fourth-order valence-corrected chi connectivity index (χ4v) is 4.69. The van der Waals surface area contributed by atoms with Crippen LogP contribution in [0, 0.1) is 11.3 Å². The van der Waals surface area contributed by atoms with Crippen molar-refractivity contribution in [1.82, 2.24) is 10.2 Å². The van der Waals surface area contributed by atoms with Crippen molar-refractivity contribution >= 4 is 29.1 Å². The highest BCUT2D eigenvalue weighted by atomic mass is 35.5. The number of carbonyl (C=O) groups is 1. The molecule has 7 heteroatoms. The van der Waals surface area contributed by atoms with E-state index in [1.165, 1.54) is 6.08 Å². The monoisotopic (exact) mass is 440 g/mol. The van der Waals surface area contributed by atoms with Crippen molar-refractivity contribution in [1.29, 1.82) is 0 Å². The van der Waals surface area contributed by atoms with E-state index >= 15 is 0 Å². The number of aliphatic hydroxyl groups excluding tert-OH is 1. The lowest BCUT2D eigenvalue weighted by atomic mass is 9.58. The Morgan fingerprint density at radius 3 is 2.86 bits per heavy atom. The number of hydrogen-bond donors (Lipinski definition) is 2. The second-order valence-corrected chi connectivity index (χ2v) is 9.64. The number of benzene rings is 1. The van der Waals surface area contributed by atoms with Crippen LogP contribution in [0.1, 0.15) is 37.6 Å². The first-order valence-electron chi connectivity index (χ1n) is 9.69. The number of rotatable bonds is 6. The molecule has 29 heavy (non-hydrogen) atoms. The van der Waals surface area contributed by atoms with Crippen LogP contribution in [-0.2, 0) is 0 Å². The number of nitrogens with one attached hydrogen (secondary N) is 1. The van der Waals surface area contributed by atoms with E-state index in [2.05, 4.69) is 11.9 Å². The van der Waals surface area contributed by atoms with Crippen LogP contribution in [-0.4, -0.2) is 45.9 Å². The lowest BCUT2D eigenvalue weighted by Crippen LogP contribution is -2.64. The number of nitrogens with zero attached hydrogens (tertiary/aromatic N) is 1. The molecule has 1 aliphatic heterocycles. The van der Waals surface area contributed by atoms with Gasteiger partial charge in [-0.15, -0.1) is 6.58 Å². The number of halogens is 3. The van der Waals surface area contributed by atoms with Gasteiger partial charge in [0.25, 0.3) is 5.91 Å². The summed E-state index contributed by atoms with van der Waals surface area (Å²) in [6.07, 6.45) is 1.74. The van der Waals surface area contributed by atoms with Gasteiger partial charge in [-0.25, -0.2) is 4.39 Å². The second kappa shape index (κ2) is 8.03. The number of aliphatic hydroxyl groups is 1. The highest BCUT2D eigenvalue weighted by Crippen LogP contribution is 2.52. The van der Waals surface area contributed by atoms with Crippen LogP contribution in [0.2, 0.25) is 5.02 Å². The molecule has 4 unspecified atom stereocenters. The molecule has 0 spiro atoms. The van der Waals surface area contributed by atoms with Gasteiger partial charge in [0, 0.05) is 28.3 Å². The summed E-state index contributed by atoms with van der Waals surface area (Å²) in [5.74, 6) is -0.556. The van der Waals surface area contributed by atoms with Crippen molar-refractivity contribution in [3.05, 3.63) is 59.2 Å². The zero-order valence-electron chi connectivity index (χ0n) is 16.8. The Labute approximate surface area is 181 Å². The maximum absolute atomic E-state index is 14.4. The van der Waals surface area contributed by atoms with Gasteiger partial charge in [-0.2, -0.15) is 0 Å². The number of hydrogen-bond acceptors (Lipinski definition) is 3. The number of piperidine rings is 1. The smallest absolute Gasteiger partial charge is 0.254 e.